The Hall–Kier alpha value is -2.67. The lowest BCUT2D eigenvalue weighted by atomic mass is 10.2. The van der Waals surface area contributed by atoms with Crippen molar-refractivity contribution in [3.8, 4) is 0 Å². The number of amides is 1. The minimum Gasteiger partial charge on any atom is -0.423 e. The van der Waals surface area contributed by atoms with Gasteiger partial charge in [0.25, 0.3) is 0 Å². The third kappa shape index (κ3) is 3.10. The Labute approximate surface area is 151 Å². The van der Waals surface area contributed by atoms with Crippen molar-refractivity contribution in [1.29, 1.82) is 0 Å². The number of hydrogen-bond donors (Lipinski definition) is 0. The van der Waals surface area contributed by atoms with Crippen molar-refractivity contribution in [2.45, 2.75) is 32.4 Å². The van der Waals surface area contributed by atoms with Gasteiger partial charge in [0.15, 0.2) is 0 Å². The number of aromatic nitrogens is 3. The van der Waals surface area contributed by atoms with Crippen LogP contribution in [0.25, 0.3) is 10.9 Å². The maximum absolute atomic E-state index is 13.0. The molecule has 0 aliphatic carbocycles. The fraction of sp³-hybridized carbons (Fsp3) is 0.421. The van der Waals surface area contributed by atoms with E-state index in [1.54, 1.807) is 4.90 Å². The summed E-state index contributed by atoms with van der Waals surface area (Å²) in [6, 6.07) is 9.72. The predicted molar refractivity (Wildman–Crippen MR) is 95.6 cm³/mol. The standard InChI is InChI=1S/C19H22N4O3/c1-13(2)18-20-21-19(26-18)16-12-25-10-9-23(16)17(24)11-22-8-7-14-5-3-4-6-15(14)22/h3-8,13,16H,9-12H2,1-2H3/t16-/m1/s1. The summed E-state index contributed by atoms with van der Waals surface area (Å²) in [5, 5.41) is 9.35. The number of fused-ring (bicyclic) bond motifs is 1. The maximum atomic E-state index is 13.0. The van der Waals surface area contributed by atoms with Crippen molar-refractivity contribution in [2.75, 3.05) is 19.8 Å². The van der Waals surface area contributed by atoms with Crippen molar-refractivity contribution in [3.63, 3.8) is 0 Å². The van der Waals surface area contributed by atoms with Crippen LogP contribution >= 0.6 is 0 Å². The molecule has 1 aromatic carbocycles. The molecule has 26 heavy (non-hydrogen) atoms. The molecule has 1 saturated heterocycles. The summed E-state index contributed by atoms with van der Waals surface area (Å²) in [6.07, 6.45) is 1.95. The molecule has 7 heteroatoms. The monoisotopic (exact) mass is 354 g/mol. The smallest absolute Gasteiger partial charge is 0.243 e. The summed E-state index contributed by atoms with van der Waals surface area (Å²) in [5.41, 5.74) is 1.05. The highest BCUT2D eigenvalue weighted by Gasteiger charge is 2.33. The summed E-state index contributed by atoms with van der Waals surface area (Å²) in [5.74, 6) is 1.19. The molecule has 0 unspecified atom stereocenters. The first-order valence-corrected chi connectivity index (χ1v) is 8.88. The topological polar surface area (TPSA) is 73.4 Å². The molecule has 0 saturated carbocycles. The van der Waals surface area contributed by atoms with Crippen molar-refractivity contribution >= 4 is 16.8 Å². The first-order chi connectivity index (χ1) is 12.6. The van der Waals surface area contributed by atoms with Gasteiger partial charge in [-0.3, -0.25) is 4.79 Å². The molecular formula is C19H22N4O3. The van der Waals surface area contributed by atoms with Gasteiger partial charge in [-0.05, 0) is 17.5 Å². The number of morpholine rings is 1. The van der Waals surface area contributed by atoms with Crippen LogP contribution in [-0.2, 0) is 16.1 Å². The summed E-state index contributed by atoms with van der Waals surface area (Å²) in [6.45, 7) is 5.67. The average Bonchev–Trinajstić information content (AvgIpc) is 3.30. The third-order valence-corrected chi connectivity index (χ3v) is 4.67. The Balaban J connectivity index is 1.56. The maximum Gasteiger partial charge on any atom is 0.243 e. The van der Waals surface area contributed by atoms with E-state index < -0.39 is 0 Å². The Morgan fingerprint density at radius 2 is 2.12 bits per heavy atom. The quantitative estimate of drug-likeness (QED) is 0.720. The van der Waals surface area contributed by atoms with E-state index in [0.717, 1.165) is 10.9 Å². The molecule has 0 radical (unpaired) electrons. The lowest BCUT2D eigenvalue weighted by Crippen LogP contribution is -2.44. The van der Waals surface area contributed by atoms with Gasteiger partial charge in [-0.15, -0.1) is 10.2 Å². The molecule has 136 valence electrons. The van der Waals surface area contributed by atoms with Crippen molar-refractivity contribution in [2.24, 2.45) is 0 Å². The molecule has 0 N–H and O–H groups in total. The highest BCUT2D eigenvalue weighted by Crippen LogP contribution is 2.26. The van der Waals surface area contributed by atoms with Crippen molar-refractivity contribution < 1.29 is 13.9 Å². The second kappa shape index (κ2) is 6.92. The second-order valence-corrected chi connectivity index (χ2v) is 6.81. The molecule has 1 aliphatic rings. The molecular weight excluding hydrogens is 332 g/mol. The van der Waals surface area contributed by atoms with E-state index in [2.05, 4.69) is 10.2 Å². The SMILES string of the molecule is CC(C)c1nnc([C@H]2COCCN2C(=O)Cn2ccc3ccccc32)o1. The number of hydrogen-bond acceptors (Lipinski definition) is 5. The van der Waals surface area contributed by atoms with Crippen LogP contribution < -0.4 is 0 Å². The molecule has 7 nitrogen and oxygen atoms in total. The number of para-hydroxylation sites is 1. The molecule has 2 aromatic heterocycles. The normalized spacial score (nSPS) is 18.0. The van der Waals surface area contributed by atoms with E-state index in [1.807, 2.05) is 54.9 Å². The van der Waals surface area contributed by atoms with Crippen molar-refractivity contribution in [1.82, 2.24) is 19.7 Å². The summed E-state index contributed by atoms with van der Waals surface area (Å²) < 4.78 is 13.3. The van der Waals surface area contributed by atoms with Crippen LogP contribution in [0.2, 0.25) is 0 Å². The average molecular weight is 354 g/mol. The van der Waals surface area contributed by atoms with Crippen LogP contribution in [0.1, 0.15) is 37.6 Å². The van der Waals surface area contributed by atoms with E-state index in [1.165, 1.54) is 0 Å². The lowest BCUT2D eigenvalue weighted by Gasteiger charge is -2.33. The van der Waals surface area contributed by atoms with Gasteiger partial charge < -0.3 is 18.6 Å². The van der Waals surface area contributed by atoms with Gasteiger partial charge in [-0.1, -0.05) is 32.0 Å². The number of rotatable bonds is 4. The molecule has 3 heterocycles. The molecule has 0 spiro atoms. The van der Waals surface area contributed by atoms with Crippen molar-refractivity contribution in [3.05, 3.63) is 48.3 Å². The Kier molecular flexibility index (Phi) is 4.46. The third-order valence-electron chi connectivity index (χ3n) is 4.67. The fourth-order valence-corrected chi connectivity index (χ4v) is 3.24. The first-order valence-electron chi connectivity index (χ1n) is 8.88. The second-order valence-electron chi connectivity index (χ2n) is 6.81. The summed E-state index contributed by atoms with van der Waals surface area (Å²) >= 11 is 0. The zero-order chi connectivity index (χ0) is 18.1. The van der Waals surface area contributed by atoms with Gasteiger partial charge in [-0.2, -0.15) is 0 Å². The van der Waals surface area contributed by atoms with Crippen LogP contribution in [-0.4, -0.2) is 45.3 Å². The molecule has 1 fully saturated rings. The lowest BCUT2D eigenvalue weighted by molar-refractivity contribution is -0.141. The molecule has 1 aliphatic heterocycles. The fourth-order valence-electron chi connectivity index (χ4n) is 3.24. The van der Waals surface area contributed by atoms with Gasteiger partial charge in [-0.25, -0.2) is 0 Å². The number of carbonyl (C=O) groups excluding carboxylic acids is 1. The minimum absolute atomic E-state index is 0.0175. The van der Waals surface area contributed by atoms with Crippen LogP contribution in [0.4, 0.5) is 0 Å². The summed E-state index contributed by atoms with van der Waals surface area (Å²) in [7, 11) is 0. The molecule has 3 aromatic rings. The van der Waals surface area contributed by atoms with Gasteiger partial charge in [0.05, 0.1) is 13.2 Å². The predicted octanol–water partition coefficient (Wildman–Crippen LogP) is 2.75. The van der Waals surface area contributed by atoms with Gasteiger partial charge in [0.2, 0.25) is 17.7 Å². The van der Waals surface area contributed by atoms with Crippen LogP contribution in [0.3, 0.4) is 0 Å². The van der Waals surface area contributed by atoms with Crippen LogP contribution in [0.5, 0.6) is 0 Å². The number of carbonyl (C=O) groups is 1. The zero-order valence-electron chi connectivity index (χ0n) is 15.0. The number of benzene rings is 1. The zero-order valence-corrected chi connectivity index (χ0v) is 15.0. The number of ether oxygens (including phenoxy) is 1. The van der Waals surface area contributed by atoms with E-state index >= 15 is 0 Å². The largest absolute Gasteiger partial charge is 0.423 e. The molecule has 4 rings (SSSR count). The van der Waals surface area contributed by atoms with E-state index in [9.17, 15) is 4.79 Å². The minimum atomic E-state index is -0.335. The molecule has 1 amide bonds. The van der Waals surface area contributed by atoms with E-state index in [-0.39, 0.29) is 24.4 Å². The Morgan fingerprint density at radius 3 is 2.92 bits per heavy atom. The highest BCUT2D eigenvalue weighted by molar-refractivity contribution is 5.83. The molecule has 0 bridgehead atoms. The highest BCUT2D eigenvalue weighted by atomic mass is 16.5. The van der Waals surface area contributed by atoms with Gasteiger partial charge in [0.1, 0.15) is 12.6 Å². The van der Waals surface area contributed by atoms with Gasteiger partial charge in [0, 0.05) is 24.2 Å². The Morgan fingerprint density at radius 1 is 1.27 bits per heavy atom. The van der Waals surface area contributed by atoms with E-state index in [4.69, 9.17) is 9.15 Å². The summed E-state index contributed by atoms with van der Waals surface area (Å²) in [4.78, 5) is 14.8. The number of nitrogens with zero attached hydrogens (tertiary/aromatic N) is 4. The Bertz CT molecular complexity index is 914. The first kappa shape index (κ1) is 16.8. The van der Waals surface area contributed by atoms with E-state index in [0.29, 0.717) is 31.5 Å². The van der Waals surface area contributed by atoms with Crippen LogP contribution in [0.15, 0.2) is 40.9 Å². The van der Waals surface area contributed by atoms with Crippen LogP contribution in [0, 0.1) is 0 Å². The molecule has 1 atom stereocenters. The van der Waals surface area contributed by atoms with Gasteiger partial charge >= 0.3 is 0 Å².